The summed E-state index contributed by atoms with van der Waals surface area (Å²) in [6.07, 6.45) is 3.85. The number of amides is 1. The van der Waals surface area contributed by atoms with E-state index in [0.717, 1.165) is 43.4 Å². The van der Waals surface area contributed by atoms with Crippen LogP contribution >= 0.6 is 0 Å². The first kappa shape index (κ1) is 16.7. The van der Waals surface area contributed by atoms with Crippen molar-refractivity contribution in [2.45, 2.75) is 19.4 Å². The third-order valence-electron chi connectivity index (χ3n) is 5.01. The van der Waals surface area contributed by atoms with E-state index < -0.39 is 0 Å². The van der Waals surface area contributed by atoms with Gasteiger partial charge in [0.25, 0.3) is 5.91 Å². The van der Waals surface area contributed by atoms with Gasteiger partial charge in [0.05, 0.1) is 5.52 Å². The molecule has 1 aromatic heterocycles. The van der Waals surface area contributed by atoms with Crippen LogP contribution in [0.5, 0.6) is 0 Å². The van der Waals surface area contributed by atoms with Gasteiger partial charge in [0.2, 0.25) is 0 Å². The Morgan fingerprint density at radius 2 is 1.96 bits per heavy atom. The molecular formula is C22H23N3O. The van der Waals surface area contributed by atoms with Crippen LogP contribution in [0, 0.1) is 0 Å². The SMILES string of the molecule is O=C(NCCCN1CCc2ccccc2C1)c1ccc2ncccc2c1. The number of carbonyl (C=O) groups excluding carboxylic acids is 1. The summed E-state index contributed by atoms with van der Waals surface area (Å²) in [6, 6.07) is 18.2. The molecule has 0 saturated carbocycles. The van der Waals surface area contributed by atoms with Gasteiger partial charge in [0.15, 0.2) is 0 Å². The van der Waals surface area contributed by atoms with E-state index in [9.17, 15) is 4.79 Å². The lowest BCUT2D eigenvalue weighted by Gasteiger charge is -2.28. The summed E-state index contributed by atoms with van der Waals surface area (Å²) >= 11 is 0. The van der Waals surface area contributed by atoms with E-state index in [4.69, 9.17) is 0 Å². The Labute approximate surface area is 153 Å². The first-order valence-electron chi connectivity index (χ1n) is 9.22. The summed E-state index contributed by atoms with van der Waals surface area (Å²) in [5.74, 6) is -0.0141. The number of aromatic nitrogens is 1. The number of nitrogens with one attached hydrogen (secondary N) is 1. The second-order valence-electron chi connectivity index (χ2n) is 6.82. The maximum Gasteiger partial charge on any atom is 0.251 e. The van der Waals surface area contributed by atoms with Gasteiger partial charge >= 0.3 is 0 Å². The van der Waals surface area contributed by atoms with Crippen LogP contribution in [0.3, 0.4) is 0 Å². The van der Waals surface area contributed by atoms with Crippen LogP contribution in [0.1, 0.15) is 27.9 Å². The van der Waals surface area contributed by atoms with Crippen molar-refractivity contribution in [3.8, 4) is 0 Å². The highest BCUT2D eigenvalue weighted by atomic mass is 16.1. The Hall–Kier alpha value is -2.72. The van der Waals surface area contributed by atoms with Crippen molar-refractivity contribution in [1.29, 1.82) is 0 Å². The highest BCUT2D eigenvalue weighted by Crippen LogP contribution is 2.18. The number of nitrogens with zero attached hydrogens (tertiary/aromatic N) is 2. The zero-order chi connectivity index (χ0) is 17.8. The highest BCUT2D eigenvalue weighted by Gasteiger charge is 2.15. The summed E-state index contributed by atoms with van der Waals surface area (Å²) in [4.78, 5) is 19.1. The van der Waals surface area contributed by atoms with E-state index in [2.05, 4.69) is 39.5 Å². The smallest absolute Gasteiger partial charge is 0.251 e. The second kappa shape index (κ2) is 7.67. The molecule has 3 aromatic rings. The lowest BCUT2D eigenvalue weighted by molar-refractivity contribution is 0.0951. The van der Waals surface area contributed by atoms with E-state index >= 15 is 0 Å². The van der Waals surface area contributed by atoms with Crippen LogP contribution in [0.15, 0.2) is 60.8 Å². The van der Waals surface area contributed by atoms with Crippen LogP contribution in [-0.2, 0) is 13.0 Å². The third-order valence-corrected chi connectivity index (χ3v) is 5.01. The normalized spacial score (nSPS) is 14.2. The molecule has 1 N–H and O–H groups in total. The topological polar surface area (TPSA) is 45.2 Å². The van der Waals surface area contributed by atoms with Gasteiger partial charge in [0.1, 0.15) is 0 Å². The summed E-state index contributed by atoms with van der Waals surface area (Å²) in [5, 5.41) is 4.03. The molecule has 4 nitrogen and oxygen atoms in total. The van der Waals surface area contributed by atoms with Crippen LogP contribution in [0.25, 0.3) is 10.9 Å². The minimum absolute atomic E-state index is 0.0141. The Morgan fingerprint density at radius 1 is 1.08 bits per heavy atom. The predicted molar refractivity (Wildman–Crippen MR) is 104 cm³/mol. The minimum atomic E-state index is -0.0141. The fraction of sp³-hybridized carbons (Fsp3) is 0.273. The molecule has 1 amide bonds. The highest BCUT2D eigenvalue weighted by molar-refractivity contribution is 5.97. The predicted octanol–water partition coefficient (Wildman–Crippen LogP) is 3.41. The number of carbonyl (C=O) groups is 1. The maximum atomic E-state index is 12.4. The molecule has 2 heterocycles. The van der Waals surface area contributed by atoms with Gasteiger partial charge in [-0.15, -0.1) is 0 Å². The fourth-order valence-electron chi connectivity index (χ4n) is 3.57. The van der Waals surface area contributed by atoms with Crippen molar-refractivity contribution in [3.63, 3.8) is 0 Å². The summed E-state index contributed by atoms with van der Waals surface area (Å²) < 4.78 is 0. The van der Waals surface area contributed by atoms with E-state index in [1.54, 1.807) is 6.20 Å². The first-order chi connectivity index (χ1) is 12.8. The lowest BCUT2D eigenvalue weighted by Crippen LogP contribution is -2.33. The Balaban J connectivity index is 1.26. The number of rotatable bonds is 5. The summed E-state index contributed by atoms with van der Waals surface area (Å²) in [6.45, 7) is 3.82. The molecule has 4 heteroatoms. The number of benzene rings is 2. The zero-order valence-electron chi connectivity index (χ0n) is 14.8. The van der Waals surface area contributed by atoms with E-state index in [1.165, 1.54) is 11.1 Å². The molecule has 2 aromatic carbocycles. The van der Waals surface area contributed by atoms with Crippen molar-refractivity contribution < 1.29 is 4.79 Å². The average molecular weight is 345 g/mol. The van der Waals surface area contributed by atoms with Crippen LogP contribution in [-0.4, -0.2) is 35.4 Å². The van der Waals surface area contributed by atoms with Crippen LogP contribution in [0.4, 0.5) is 0 Å². The van der Waals surface area contributed by atoms with Crippen molar-refractivity contribution in [2.24, 2.45) is 0 Å². The summed E-state index contributed by atoms with van der Waals surface area (Å²) in [5.41, 5.74) is 4.52. The van der Waals surface area contributed by atoms with Crippen molar-refractivity contribution in [1.82, 2.24) is 15.2 Å². The third kappa shape index (κ3) is 3.75. The molecule has 0 bridgehead atoms. The van der Waals surface area contributed by atoms with Gasteiger partial charge in [0, 0.05) is 43.3 Å². The van der Waals surface area contributed by atoms with Crippen LogP contribution in [0.2, 0.25) is 0 Å². The van der Waals surface area contributed by atoms with Gasteiger partial charge in [-0.2, -0.15) is 0 Å². The molecule has 0 aliphatic carbocycles. The number of hydrogen-bond donors (Lipinski definition) is 1. The van der Waals surface area contributed by atoms with Crippen LogP contribution < -0.4 is 5.32 Å². The van der Waals surface area contributed by atoms with Gasteiger partial charge < -0.3 is 5.32 Å². The average Bonchev–Trinajstić information content (AvgIpc) is 2.70. The van der Waals surface area contributed by atoms with E-state index in [1.807, 2.05) is 30.3 Å². The Morgan fingerprint density at radius 3 is 2.88 bits per heavy atom. The van der Waals surface area contributed by atoms with Crippen molar-refractivity contribution >= 4 is 16.8 Å². The number of hydrogen-bond acceptors (Lipinski definition) is 3. The molecular weight excluding hydrogens is 322 g/mol. The molecule has 0 unspecified atom stereocenters. The molecule has 0 saturated heterocycles. The molecule has 132 valence electrons. The standard InChI is InChI=1S/C22H23N3O/c26-22(19-8-9-21-18(15-19)7-3-11-23-21)24-12-4-13-25-14-10-17-5-1-2-6-20(17)16-25/h1-3,5-9,11,15H,4,10,12-14,16H2,(H,24,26). The minimum Gasteiger partial charge on any atom is -0.352 e. The molecule has 1 aliphatic rings. The molecule has 0 atom stereocenters. The zero-order valence-corrected chi connectivity index (χ0v) is 14.8. The summed E-state index contributed by atoms with van der Waals surface area (Å²) in [7, 11) is 0. The second-order valence-corrected chi connectivity index (χ2v) is 6.82. The van der Waals surface area contributed by atoms with Crippen molar-refractivity contribution in [2.75, 3.05) is 19.6 Å². The molecule has 1 aliphatic heterocycles. The monoisotopic (exact) mass is 345 g/mol. The molecule has 0 radical (unpaired) electrons. The molecule has 0 fully saturated rings. The largest absolute Gasteiger partial charge is 0.352 e. The lowest BCUT2D eigenvalue weighted by atomic mass is 10.00. The first-order valence-corrected chi connectivity index (χ1v) is 9.22. The number of pyridine rings is 1. The quantitative estimate of drug-likeness (QED) is 0.721. The van der Waals surface area contributed by atoms with E-state index in [-0.39, 0.29) is 5.91 Å². The van der Waals surface area contributed by atoms with E-state index in [0.29, 0.717) is 12.1 Å². The van der Waals surface area contributed by atoms with Gasteiger partial charge in [-0.05, 0) is 48.2 Å². The number of fused-ring (bicyclic) bond motifs is 2. The molecule has 4 rings (SSSR count). The Bertz CT molecular complexity index is 922. The van der Waals surface area contributed by atoms with Gasteiger partial charge in [-0.3, -0.25) is 14.7 Å². The van der Waals surface area contributed by atoms with Gasteiger partial charge in [-0.1, -0.05) is 30.3 Å². The van der Waals surface area contributed by atoms with Gasteiger partial charge in [-0.25, -0.2) is 0 Å². The van der Waals surface area contributed by atoms with Crippen molar-refractivity contribution in [3.05, 3.63) is 77.5 Å². The maximum absolute atomic E-state index is 12.4. The molecule has 26 heavy (non-hydrogen) atoms. The molecule has 0 spiro atoms. The fourth-order valence-corrected chi connectivity index (χ4v) is 3.57. The Kier molecular flexibility index (Phi) is 4.93.